The first-order valence-electron chi connectivity index (χ1n) is 8.68. The van der Waals surface area contributed by atoms with Gasteiger partial charge in [-0.05, 0) is 30.3 Å². The molecule has 0 spiro atoms. The molecule has 2 N–H and O–H groups in total. The first kappa shape index (κ1) is 37.3. The molecular weight excluding hydrogens is 605 g/mol. The molecule has 15 nitrogen and oxygen atoms in total. The van der Waals surface area contributed by atoms with Crippen LogP contribution in [0.25, 0.3) is 10.8 Å². The van der Waals surface area contributed by atoms with Crippen LogP contribution in [0.1, 0.15) is 10.4 Å². The van der Waals surface area contributed by atoms with E-state index < -0.39 is 89.3 Å². The van der Waals surface area contributed by atoms with Gasteiger partial charge in [-0.2, -0.15) is 0 Å². The number of carbonyl (C=O) groups is 1. The van der Waals surface area contributed by atoms with Crippen LogP contribution in [0.4, 0.5) is 11.4 Å². The Kier molecular flexibility index (Phi) is 13.1. The fourth-order valence-electron chi connectivity index (χ4n) is 3.09. The number of benzene rings is 3. The maximum absolute atomic E-state index is 12.7. The standard InChI is InChI=1S/C17H12N2O13S3.3Na/c20-13-7-9(33(24,25)26)6-11-14(34(27,28)29)4-3-12(16(11)13)18-17(21)10-2-1-8(19(22)23)5-15(10)35(30,31)32;;;/h1-7,20H,(H,18,21)(H,24,25,26)(H,27,28,29)(H,30,31,32);;;/q;3*+1/p-3. The van der Waals surface area contributed by atoms with Gasteiger partial charge < -0.3 is 24.1 Å². The molecule has 0 atom stereocenters. The number of non-ortho nitro benzene ring substituents is 1. The Bertz CT molecular complexity index is 1760. The van der Waals surface area contributed by atoms with E-state index in [0.717, 1.165) is 12.1 Å². The molecule has 0 aromatic heterocycles. The summed E-state index contributed by atoms with van der Waals surface area (Å²) >= 11 is 0. The zero-order chi connectivity index (χ0) is 26.5. The van der Waals surface area contributed by atoms with Gasteiger partial charge in [-0.25, -0.2) is 25.3 Å². The molecule has 3 aromatic rings. The van der Waals surface area contributed by atoms with Crippen molar-refractivity contribution >= 4 is 58.4 Å². The zero-order valence-electron chi connectivity index (χ0n) is 19.6. The van der Waals surface area contributed by atoms with Crippen LogP contribution in [0.5, 0.6) is 5.75 Å². The van der Waals surface area contributed by atoms with E-state index >= 15 is 0 Å². The van der Waals surface area contributed by atoms with Gasteiger partial charge in [0.05, 0.1) is 30.9 Å². The molecule has 0 aliphatic heterocycles. The van der Waals surface area contributed by atoms with Crippen LogP contribution in [0, 0.1) is 10.1 Å². The van der Waals surface area contributed by atoms with Crippen LogP contribution in [0.15, 0.2) is 57.2 Å². The third-order valence-corrected chi connectivity index (χ3v) is 7.11. The monoisotopic (exact) mass is 614 g/mol. The van der Waals surface area contributed by atoms with Crippen LogP contribution in [0.2, 0.25) is 0 Å². The maximum atomic E-state index is 12.7. The molecule has 0 unspecified atom stereocenters. The molecule has 0 bridgehead atoms. The minimum atomic E-state index is -5.41. The van der Waals surface area contributed by atoms with Crippen LogP contribution in [-0.4, -0.2) is 54.8 Å². The average Bonchev–Trinajstić information content (AvgIpc) is 2.70. The van der Waals surface area contributed by atoms with Crippen molar-refractivity contribution in [1.82, 2.24) is 0 Å². The minimum absolute atomic E-state index is 0. The van der Waals surface area contributed by atoms with Crippen LogP contribution in [-0.2, 0) is 30.4 Å². The fourth-order valence-corrected chi connectivity index (χ4v) is 4.96. The molecule has 0 saturated heterocycles. The predicted molar refractivity (Wildman–Crippen MR) is 111 cm³/mol. The molecule has 0 fully saturated rings. The van der Waals surface area contributed by atoms with Gasteiger partial charge in [-0.3, -0.25) is 14.9 Å². The third kappa shape index (κ3) is 8.18. The van der Waals surface area contributed by atoms with Crippen molar-refractivity contribution in [3.05, 3.63) is 58.1 Å². The molecule has 3 rings (SSSR count). The zero-order valence-corrected chi connectivity index (χ0v) is 28.0. The second-order valence-corrected chi connectivity index (χ2v) is 10.8. The Labute approximate surface area is 281 Å². The Morgan fingerprint density at radius 1 is 0.789 bits per heavy atom. The number of fused-ring (bicyclic) bond motifs is 1. The molecule has 3 aromatic carbocycles. The van der Waals surface area contributed by atoms with E-state index in [1.54, 1.807) is 0 Å². The van der Waals surface area contributed by atoms with Crippen molar-refractivity contribution in [2.75, 3.05) is 5.32 Å². The molecule has 21 heteroatoms. The number of carbonyl (C=O) groups excluding carboxylic acids is 1. The smallest absolute Gasteiger partial charge is 0.744 e. The maximum Gasteiger partial charge on any atom is 1.00 e. The van der Waals surface area contributed by atoms with Gasteiger partial charge in [0.1, 0.15) is 36.1 Å². The Morgan fingerprint density at radius 2 is 1.34 bits per heavy atom. The summed E-state index contributed by atoms with van der Waals surface area (Å²) < 4.78 is 104. The number of nitrogens with zero attached hydrogens (tertiary/aromatic N) is 1. The number of nitrogens with one attached hydrogen (secondary N) is 1. The van der Waals surface area contributed by atoms with Gasteiger partial charge in [0.2, 0.25) is 0 Å². The number of nitro groups is 1. The van der Waals surface area contributed by atoms with Crippen LogP contribution < -0.4 is 94.0 Å². The first-order chi connectivity index (χ1) is 15.9. The van der Waals surface area contributed by atoms with Gasteiger partial charge in [-0.1, -0.05) is 0 Å². The Hall–Kier alpha value is -0.680. The average molecular weight is 614 g/mol. The van der Waals surface area contributed by atoms with Crippen LogP contribution in [0.3, 0.4) is 0 Å². The molecule has 0 aliphatic carbocycles. The quantitative estimate of drug-likeness (QED) is 0.113. The number of anilines is 1. The van der Waals surface area contributed by atoms with E-state index in [-0.39, 0.29) is 88.7 Å². The van der Waals surface area contributed by atoms with Gasteiger partial charge >= 0.3 is 88.7 Å². The number of phenolic OH excluding ortho intramolecular Hbond substituents is 1. The second-order valence-electron chi connectivity index (χ2n) is 6.73. The van der Waals surface area contributed by atoms with Gasteiger partial charge in [0.25, 0.3) is 11.6 Å². The molecule has 38 heavy (non-hydrogen) atoms. The van der Waals surface area contributed by atoms with E-state index in [0.29, 0.717) is 30.3 Å². The molecule has 0 aliphatic rings. The molecule has 0 saturated carbocycles. The summed E-state index contributed by atoms with van der Waals surface area (Å²) in [5.74, 6) is -2.42. The number of hydrogen-bond acceptors (Lipinski definition) is 13. The van der Waals surface area contributed by atoms with Crippen molar-refractivity contribution in [2.45, 2.75) is 14.7 Å². The number of aromatic hydroxyl groups is 1. The van der Waals surface area contributed by atoms with Crippen molar-refractivity contribution in [2.24, 2.45) is 0 Å². The van der Waals surface area contributed by atoms with E-state index in [1.165, 1.54) is 0 Å². The molecule has 0 radical (unpaired) electrons. The number of hydrogen-bond donors (Lipinski definition) is 2. The summed E-state index contributed by atoms with van der Waals surface area (Å²) in [7, 11) is -16.0. The summed E-state index contributed by atoms with van der Waals surface area (Å²) in [4.78, 5) is 19.2. The van der Waals surface area contributed by atoms with Crippen molar-refractivity contribution in [3.8, 4) is 5.75 Å². The number of rotatable bonds is 6. The summed E-state index contributed by atoms with van der Waals surface area (Å²) in [5.41, 5.74) is -2.19. The fraction of sp³-hybridized carbons (Fsp3) is 0. The minimum Gasteiger partial charge on any atom is -0.744 e. The summed E-state index contributed by atoms with van der Waals surface area (Å²) in [6.45, 7) is 0. The normalized spacial score (nSPS) is 11.4. The molecule has 0 heterocycles. The largest absolute Gasteiger partial charge is 1.00 e. The number of phenols is 1. The molecule has 1 amide bonds. The first-order valence-corrected chi connectivity index (χ1v) is 12.9. The third-order valence-electron chi connectivity index (χ3n) is 4.52. The van der Waals surface area contributed by atoms with Gasteiger partial charge in [0.15, 0.2) is 0 Å². The summed E-state index contributed by atoms with van der Waals surface area (Å²) in [6.07, 6.45) is 0. The van der Waals surface area contributed by atoms with Crippen molar-refractivity contribution < 1.29 is 142 Å². The predicted octanol–water partition coefficient (Wildman–Crippen LogP) is -8.57. The van der Waals surface area contributed by atoms with Crippen LogP contribution >= 0.6 is 0 Å². The van der Waals surface area contributed by atoms with Crippen molar-refractivity contribution in [1.29, 1.82) is 0 Å². The Morgan fingerprint density at radius 3 is 1.82 bits per heavy atom. The van der Waals surface area contributed by atoms with Crippen molar-refractivity contribution in [3.63, 3.8) is 0 Å². The van der Waals surface area contributed by atoms with E-state index in [1.807, 2.05) is 5.32 Å². The molecule has 186 valence electrons. The number of nitro benzene ring substituents is 1. The summed E-state index contributed by atoms with van der Waals surface area (Å²) in [6, 6.07) is 3.99. The van der Waals surface area contributed by atoms with E-state index in [9.17, 15) is 58.9 Å². The molecular formula is C17H9N2Na3O13S3. The van der Waals surface area contributed by atoms with Gasteiger partial charge in [-0.15, -0.1) is 0 Å². The van der Waals surface area contributed by atoms with E-state index in [2.05, 4.69) is 0 Å². The summed E-state index contributed by atoms with van der Waals surface area (Å²) in [5, 5.41) is 21.8. The van der Waals surface area contributed by atoms with E-state index in [4.69, 9.17) is 0 Å². The van der Waals surface area contributed by atoms with Gasteiger partial charge in [0, 0.05) is 22.9 Å². The Balaban J connectivity index is 0.00000456. The topological polar surface area (TPSA) is 264 Å². The number of amides is 1. The SMILES string of the molecule is O=C(Nc1ccc(S(=O)(=O)[O-])c2cc(S(=O)(=O)[O-])cc(O)c12)c1ccc([N+](=O)[O-])cc1S(=O)(=O)[O-].[Na+].[Na+].[Na+]. The second kappa shape index (κ2) is 13.3.